The maximum absolute atomic E-state index is 6.44. The first-order chi connectivity index (χ1) is 20.4. The molecule has 4 heterocycles. The van der Waals surface area contributed by atoms with E-state index < -0.39 is 0 Å². The third-order valence-electron chi connectivity index (χ3n) is 8.82. The van der Waals surface area contributed by atoms with Crippen molar-refractivity contribution >= 4 is 62.6 Å². The van der Waals surface area contributed by atoms with Gasteiger partial charge in [0.15, 0.2) is 0 Å². The zero-order valence-corrected chi connectivity index (χ0v) is 25.0. The molecule has 1 aliphatic heterocycles. The molecule has 2 aromatic carbocycles. The molecule has 0 bridgehead atoms. The molecule has 216 valence electrons. The predicted molar refractivity (Wildman–Crippen MR) is 171 cm³/mol. The molecule has 7 rings (SSSR count). The van der Waals surface area contributed by atoms with Crippen LogP contribution in [-0.4, -0.2) is 73.6 Å². The van der Waals surface area contributed by atoms with E-state index in [-0.39, 0.29) is 0 Å². The lowest BCUT2D eigenvalue weighted by Crippen LogP contribution is -2.49. The largest absolute Gasteiger partial charge is 0.383 e. The van der Waals surface area contributed by atoms with Crippen LogP contribution in [0.2, 0.25) is 10.2 Å². The van der Waals surface area contributed by atoms with Gasteiger partial charge in [0.2, 0.25) is 5.95 Å². The molecule has 0 amide bonds. The average molecular weight is 603 g/mol. The van der Waals surface area contributed by atoms with Gasteiger partial charge < -0.3 is 20.5 Å². The van der Waals surface area contributed by atoms with Crippen molar-refractivity contribution in [2.75, 3.05) is 44.3 Å². The summed E-state index contributed by atoms with van der Waals surface area (Å²) in [5.74, 6) is 0.906. The Morgan fingerprint density at radius 2 is 1.62 bits per heavy atom. The van der Waals surface area contributed by atoms with Crippen molar-refractivity contribution in [1.29, 1.82) is 0 Å². The summed E-state index contributed by atoms with van der Waals surface area (Å²) in [5.41, 5.74) is 11.0. The van der Waals surface area contributed by atoms with Crippen molar-refractivity contribution in [3.05, 3.63) is 65.2 Å². The number of aromatic nitrogens is 5. The smallest absolute Gasteiger partial charge is 0.229 e. The van der Waals surface area contributed by atoms with E-state index in [1.54, 1.807) is 18.5 Å². The summed E-state index contributed by atoms with van der Waals surface area (Å²) in [4.78, 5) is 23.1. The number of rotatable bonds is 5. The lowest BCUT2D eigenvalue weighted by atomic mass is 9.89. The van der Waals surface area contributed by atoms with Crippen LogP contribution >= 0.6 is 23.2 Å². The number of nitrogens with two attached hydrogens (primary N) is 1. The summed E-state index contributed by atoms with van der Waals surface area (Å²) in [5, 5.41) is 5.89. The highest BCUT2D eigenvalue weighted by Gasteiger charge is 2.30. The molecular formula is C31H33Cl2N9. The van der Waals surface area contributed by atoms with Crippen LogP contribution in [0.4, 0.5) is 17.5 Å². The molecule has 1 saturated carbocycles. The van der Waals surface area contributed by atoms with Crippen LogP contribution in [0, 0.1) is 0 Å². The number of fused-ring (bicyclic) bond motifs is 2. The van der Waals surface area contributed by atoms with E-state index in [0.717, 1.165) is 59.2 Å². The summed E-state index contributed by atoms with van der Waals surface area (Å²) in [6.45, 7) is 4.67. The minimum absolute atomic E-state index is 0.372. The van der Waals surface area contributed by atoms with E-state index in [0.29, 0.717) is 39.5 Å². The highest BCUT2D eigenvalue weighted by atomic mass is 35.5. The number of halogens is 2. The van der Waals surface area contributed by atoms with Gasteiger partial charge in [0.1, 0.15) is 22.9 Å². The fourth-order valence-electron chi connectivity index (χ4n) is 6.48. The maximum Gasteiger partial charge on any atom is 0.229 e. The average Bonchev–Trinajstić information content (AvgIpc) is 3.39. The molecular weight excluding hydrogens is 569 g/mol. The van der Waals surface area contributed by atoms with E-state index >= 15 is 0 Å². The van der Waals surface area contributed by atoms with Crippen molar-refractivity contribution in [2.24, 2.45) is 0 Å². The topological polar surface area (TPSA) is 101 Å². The van der Waals surface area contributed by atoms with Gasteiger partial charge in [-0.2, -0.15) is 0 Å². The Morgan fingerprint density at radius 3 is 2.38 bits per heavy atom. The van der Waals surface area contributed by atoms with Gasteiger partial charge in [0.25, 0.3) is 0 Å². The summed E-state index contributed by atoms with van der Waals surface area (Å²) in [7, 11) is 2.21. The number of hydrogen-bond acceptors (Lipinski definition) is 8. The molecule has 0 spiro atoms. The predicted octanol–water partition coefficient (Wildman–Crippen LogP) is 6.41. The summed E-state index contributed by atoms with van der Waals surface area (Å²) in [6.07, 6.45) is 8.46. The summed E-state index contributed by atoms with van der Waals surface area (Å²) in [6, 6.07) is 14.6. The lowest BCUT2D eigenvalue weighted by Gasteiger charge is -2.41. The molecule has 2 fully saturated rings. The molecule has 0 unspecified atom stereocenters. The van der Waals surface area contributed by atoms with Crippen LogP contribution in [-0.2, 0) is 0 Å². The Kier molecular flexibility index (Phi) is 7.35. The third-order valence-corrected chi connectivity index (χ3v) is 9.34. The van der Waals surface area contributed by atoms with Crippen molar-refractivity contribution in [1.82, 2.24) is 34.3 Å². The third kappa shape index (κ3) is 5.26. The highest BCUT2D eigenvalue weighted by molar-refractivity contribution is 6.35. The number of hydrogen-bond donors (Lipinski definition) is 2. The first-order valence-corrected chi connectivity index (χ1v) is 15.2. The van der Waals surface area contributed by atoms with Gasteiger partial charge in [0.05, 0.1) is 10.9 Å². The Labute approximate surface area is 254 Å². The standard InChI is InChI=1S/C31H33Cl2N9/c1-40-12-14-41(15-13-40)22-7-9-23(10-8-22)42-17-25(27-29(34)35-18-36-30(27)42)19-2-5-21(6-3-19)37-31-38-26-16-20(32)4-11-24(26)28(33)39-31/h2-6,11,16-18,22-23H,7-10,12-15H2,1H3,(H2,34,35,36)(H,37,38,39)/t22-,23+. The molecule has 0 radical (unpaired) electrons. The number of benzene rings is 2. The molecule has 9 nitrogen and oxygen atoms in total. The normalized spacial score (nSPS) is 20.4. The van der Waals surface area contributed by atoms with Crippen molar-refractivity contribution in [3.8, 4) is 11.1 Å². The van der Waals surface area contributed by atoms with Crippen LogP contribution in [0.1, 0.15) is 31.7 Å². The van der Waals surface area contributed by atoms with Gasteiger partial charge in [0, 0.05) is 66.1 Å². The quantitative estimate of drug-likeness (QED) is 0.223. The molecule has 2 aliphatic rings. The Hall–Kier alpha value is -3.50. The fourth-order valence-corrected chi connectivity index (χ4v) is 6.88. The maximum atomic E-state index is 6.44. The number of nitrogens with one attached hydrogen (secondary N) is 1. The SMILES string of the molecule is CN1CCN([C@H]2CC[C@@H](n3cc(-c4ccc(Nc5nc(Cl)c6ccc(Cl)cc6n5)cc4)c4c(N)ncnc43)CC2)CC1. The van der Waals surface area contributed by atoms with E-state index in [2.05, 4.69) is 60.0 Å². The zero-order valence-electron chi connectivity index (χ0n) is 23.5. The van der Waals surface area contributed by atoms with Gasteiger partial charge in [-0.05, 0) is 68.6 Å². The van der Waals surface area contributed by atoms with E-state index in [4.69, 9.17) is 33.9 Å². The van der Waals surface area contributed by atoms with E-state index in [1.165, 1.54) is 25.9 Å². The lowest BCUT2D eigenvalue weighted by molar-refractivity contribution is 0.0828. The van der Waals surface area contributed by atoms with Gasteiger partial charge >= 0.3 is 0 Å². The van der Waals surface area contributed by atoms with Crippen LogP contribution in [0.15, 0.2) is 55.0 Å². The first-order valence-electron chi connectivity index (χ1n) is 14.5. The fraction of sp³-hybridized carbons (Fsp3) is 0.355. The molecule has 1 saturated heterocycles. The molecule has 3 N–H and O–H groups in total. The van der Waals surface area contributed by atoms with Crippen molar-refractivity contribution < 1.29 is 0 Å². The van der Waals surface area contributed by atoms with Crippen LogP contribution in [0.25, 0.3) is 33.1 Å². The molecule has 0 atom stereocenters. The van der Waals surface area contributed by atoms with Gasteiger partial charge in [-0.1, -0.05) is 35.3 Å². The summed E-state index contributed by atoms with van der Waals surface area (Å²) >= 11 is 12.6. The Balaban J connectivity index is 1.13. The van der Waals surface area contributed by atoms with Gasteiger partial charge in [-0.25, -0.2) is 19.9 Å². The van der Waals surface area contributed by atoms with Crippen LogP contribution < -0.4 is 11.1 Å². The van der Waals surface area contributed by atoms with Gasteiger partial charge in [-0.3, -0.25) is 4.90 Å². The van der Waals surface area contributed by atoms with E-state index in [1.807, 2.05) is 18.2 Å². The number of nitrogen functional groups attached to an aromatic ring is 1. The van der Waals surface area contributed by atoms with Crippen LogP contribution in [0.3, 0.4) is 0 Å². The second-order valence-corrected chi connectivity index (χ2v) is 12.2. The zero-order chi connectivity index (χ0) is 28.8. The number of nitrogens with zero attached hydrogens (tertiary/aromatic N) is 7. The van der Waals surface area contributed by atoms with Gasteiger partial charge in [-0.15, -0.1) is 0 Å². The first kappa shape index (κ1) is 27.3. The van der Waals surface area contributed by atoms with E-state index in [9.17, 15) is 0 Å². The van der Waals surface area contributed by atoms with Crippen molar-refractivity contribution in [3.63, 3.8) is 0 Å². The second-order valence-electron chi connectivity index (χ2n) is 11.4. The Bertz CT molecular complexity index is 1740. The molecule has 42 heavy (non-hydrogen) atoms. The minimum Gasteiger partial charge on any atom is -0.383 e. The molecule has 3 aromatic heterocycles. The highest BCUT2D eigenvalue weighted by Crippen LogP contribution is 2.39. The number of anilines is 3. The Morgan fingerprint density at radius 1 is 0.881 bits per heavy atom. The summed E-state index contributed by atoms with van der Waals surface area (Å²) < 4.78 is 2.34. The molecule has 5 aromatic rings. The molecule has 11 heteroatoms. The molecule has 1 aliphatic carbocycles. The number of piperazine rings is 1. The monoisotopic (exact) mass is 601 g/mol. The van der Waals surface area contributed by atoms with Crippen LogP contribution in [0.5, 0.6) is 0 Å². The van der Waals surface area contributed by atoms with Crippen molar-refractivity contribution in [2.45, 2.75) is 37.8 Å². The second kappa shape index (κ2) is 11.3. The minimum atomic E-state index is 0.372. The number of likely N-dealkylation sites (N-methyl/N-ethyl adjacent to an activating group) is 1.